The molecule has 0 bridgehead atoms. The lowest BCUT2D eigenvalue weighted by atomic mass is 10.1. The van der Waals surface area contributed by atoms with Crippen LogP contribution in [0.5, 0.6) is 17.2 Å². The van der Waals surface area contributed by atoms with Crippen LogP contribution in [0.15, 0.2) is 17.8 Å². The quantitative estimate of drug-likeness (QED) is 0.677. The predicted octanol–water partition coefficient (Wildman–Crippen LogP) is 1.73. The maximum Gasteiger partial charge on any atom is 0.329 e. The smallest absolute Gasteiger partial charge is 0.329 e. The molecule has 3 rings (SSSR count). The number of benzene rings is 1. The van der Waals surface area contributed by atoms with Crippen molar-refractivity contribution in [2.75, 3.05) is 20.4 Å². The fourth-order valence-electron chi connectivity index (χ4n) is 2.40. The van der Waals surface area contributed by atoms with E-state index in [-0.39, 0.29) is 18.4 Å². The van der Waals surface area contributed by atoms with Gasteiger partial charge >= 0.3 is 6.03 Å². The number of methoxy groups -OCH3 is 1. The van der Waals surface area contributed by atoms with E-state index < -0.39 is 6.03 Å². The molecule has 1 saturated heterocycles. The lowest BCUT2D eigenvalue weighted by Crippen LogP contribution is -2.31. The number of carbonyl (C=O) groups is 2. The number of hydrogen-bond donors (Lipinski definition) is 1. The van der Waals surface area contributed by atoms with Gasteiger partial charge in [0, 0.05) is 6.54 Å². The van der Waals surface area contributed by atoms with Crippen LogP contribution in [0.4, 0.5) is 4.79 Å². The fraction of sp³-hybridized carbons (Fsp3) is 0.333. The summed E-state index contributed by atoms with van der Waals surface area (Å²) in [6.45, 7) is 2.43. The molecule has 0 spiro atoms. The van der Waals surface area contributed by atoms with Crippen LogP contribution in [0.3, 0.4) is 0 Å². The number of nitrogens with zero attached hydrogens (tertiary/aromatic N) is 1. The van der Waals surface area contributed by atoms with Crippen molar-refractivity contribution >= 4 is 18.0 Å². The molecule has 1 fully saturated rings. The van der Waals surface area contributed by atoms with Crippen molar-refractivity contribution in [1.82, 2.24) is 10.2 Å². The number of imide groups is 1. The molecule has 7 heteroatoms. The Morgan fingerprint density at radius 2 is 2.18 bits per heavy atom. The summed E-state index contributed by atoms with van der Waals surface area (Å²) in [5.74, 6) is 1.28. The summed E-state index contributed by atoms with van der Waals surface area (Å²) in [5, 5.41) is 2.58. The Morgan fingerprint density at radius 1 is 1.36 bits per heavy atom. The number of carbonyl (C=O) groups excluding carboxylic acids is 2. The summed E-state index contributed by atoms with van der Waals surface area (Å²) in [4.78, 5) is 25.1. The van der Waals surface area contributed by atoms with E-state index in [2.05, 4.69) is 5.32 Å². The molecule has 7 nitrogen and oxygen atoms in total. The summed E-state index contributed by atoms with van der Waals surface area (Å²) in [6.07, 6.45) is 2.31. The van der Waals surface area contributed by atoms with Gasteiger partial charge in [-0.2, -0.15) is 0 Å². The first-order chi connectivity index (χ1) is 10.6. The topological polar surface area (TPSA) is 77.1 Å². The van der Waals surface area contributed by atoms with Gasteiger partial charge in [-0.15, -0.1) is 0 Å². The minimum atomic E-state index is -0.397. The molecule has 0 radical (unpaired) electrons. The second-order valence-electron chi connectivity index (χ2n) is 4.90. The number of hydrogen-bond acceptors (Lipinski definition) is 5. The maximum absolute atomic E-state index is 12.2. The van der Waals surface area contributed by atoms with E-state index in [1.807, 2.05) is 6.92 Å². The molecular formula is C15H16N2O5. The van der Waals surface area contributed by atoms with Gasteiger partial charge < -0.3 is 19.5 Å². The average molecular weight is 304 g/mol. The van der Waals surface area contributed by atoms with Crippen molar-refractivity contribution in [3.05, 3.63) is 23.4 Å². The molecule has 2 aliphatic rings. The second-order valence-corrected chi connectivity index (χ2v) is 4.90. The summed E-state index contributed by atoms with van der Waals surface area (Å²) >= 11 is 0. The van der Waals surface area contributed by atoms with Crippen molar-refractivity contribution in [2.45, 2.75) is 13.3 Å². The van der Waals surface area contributed by atoms with Gasteiger partial charge in [-0.05, 0) is 30.2 Å². The number of rotatable bonds is 4. The number of fused-ring (bicyclic) bond motifs is 1. The van der Waals surface area contributed by atoms with Crippen molar-refractivity contribution in [1.29, 1.82) is 0 Å². The zero-order chi connectivity index (χ0) is 15.7. The van der Waals surface area contributed by atoms with E-state index in [1.165, 1.54) is 12.0 Å². The molecule has 0 saturated carbocycles. The Morgan fingerprint density at radius 3 is 2.91 bits per heavy atom. The van der Waals surface area contributed by atoms with Crippen LogP contribution in [0.1, 0.15) is 18.9 Å². The summed E-state index contributed by atoms with van der Waals surface area (Å²) in [6, 6.07) is 3.06. The van der Waals surface area contributed by atoms with Gasteiger partial charge in [-0.1, -0.05) is 6.92 Å². The largest absolute Gasteiger partial charge is 0.493 e. The van der Waals surface area contributed by atoms with Crippen LogP contribution < -0.4 is 19.5 Å². The highest BCUT2D eigenvalue weighted by atomic mass is 16.7. The third-order valence-corrected chi connectivity index (χ3v) is 3.40. The molecule has 116 valence electrons. The van der Waals surface area contributed by atoms with Crippen LogP contribution in [0, 0.1) is 0 Å². The highest BCUT2D eigenvalue weighted by Crippen LogP contribution is 2.42. The predicted molar refractivity (Wildman–Crippen MR) is 77.6 cm³/mol. The first-order valence-electron chi connectivity index (χ1n) is 6.96. The molecule has 0 atom stereocenters. The lowest BCUT2D eigenvalue weighted by Gasteiger charge is -2.08. The van der Waals surface area contributed by atoms with E-state index >= 15 is 0 Å². The zero-order valence-electron chi connectivity index (χ0n) is 12.3. The van der Waals surface area contributed by atoms with Crippen LogP contribution in [-0.4, -0.2) is 37.3 Å². The fourth-order valence-corrected chi connectivity index (χ4v) is 2.40. The Labute approximate surface area is 127 Å². The van der Waals surface area contributed by atoms with Gasteiger partial charge in [0.05, 0.1) is 7.11 Å². The number of ether oxygens (including phenoxy) is 3. The second kappa shape index (κ2) is 5.59. The Kier molecular flexibility index (Phi) is 3.62. The summed E-state index contributed by atoms with van der Waals surface area (Å²) in [7, 11) is 1.53. The molecule has 3 amide bonds. The Balaban J connectivity index is 1.93. The van der Waals surface area contributed by atoms with Gasteiger partial charge in [-0.3, -0.25) is 9.69 Å². The molecule has 2 aliphatic heterocycles. The minimum Gasteiger partial charge on any atom is -0.493 e. The molecule has 0 aromatic heterocycles. The Bertz CT molecular complexity index is 668. The standard InChI is InChI=1S/C15H16N2O5/c1-3-4-17-14(18)10(16-15(17)19)5-9-6-11(20-2)13-12(7-9)21-8-22-13/h5-7H,3-4,8H2,1-2H3,(H,16,19)/b10-5+. The van der Waals surface area contributed by atoms with Gasteiger partial charge in [0.25, 0.3) is 5.91 Å². The zero-order valence-corrected chi connectivity index (χ0v) is 12.3. The number of urea groups is 1. The molecule has 0 aliphatic carbocycles. The first kappa shape index (κ1) is 14.2. The minimum absolute atomic E-state index is 0.131. The van der Waals surface area contributed by atoms with E-state index in [0.29, 0.717) is 35.8 Å². The van der Waals surface area contributed by atoms with E-state index in [9.17, 15) is 9.59 Å². The van der Waals surface area contributed by atoms with Crippen LogP contribution in [0.2, 0.25) is 0 Å². The molecule has 1 aromatic carbocycles. The highest BCUT2D eigenvalue weighted by Gasteiger charge is 2.32. The average Bonchev–Trinajstić information content (AvgIpc) is 3.07. The van der Waals surface area contributed by atoms with Gasteiger partial charge in [0.1, 0.15) is 5.70 Å². The third kappa shape index (κ3) is 2.34. The number of amides is 3. The lowest BCUT2D eigenvalue weighted by molar-refractivity contribution is -0.122. The summed E-state index contributed by atoms with van der Waals surface area (Å²) in [5.41, 5.74) is 0.919. The molecule has 1 aromatic rings. The molecule has 0 unspecified atom stereocenters. The summed E-state index contributed by atoms with van der Waals surface area (Å²) < 4.78 is 15.9. The molecule has 22 heavy (non-hydrogen) atoms. The van der Waals surface area contributed by atoms with Crippen molar-refractivity contribution in [3.8, 4) is 17.2 Å². The van der Waals surface area contributed by atoms with Crippen LogP contribution in [0.25, 0.3) is 6.08 Å². The van der Waals surface area contributed by atoms with Gasteiger partial charge in [-0.25, -0.2) is 4.79 Å². The van der Waals surface area contributed by atoms with E-state index in [4.69, 9.17) is 14.2 Å². The highest BCUT2D eigenvalue weighted by molar-refractivity contribution is 6.14. The monoisotopic (exact) mass is 304 g/mol. The van der Waals surface area contributed by atoms with Gasteiger partial charge in [0.2, 0.25) is 12.5 Å². The van der Waals surface area contributed by atoms with Crippen molar-refractivity contribution in [3.63, 3.8) is 0 Å². The van der Waals surface area contributed by atoms with Crippen molar-refractivity contribution < 1.29 is 23.8 Å². The SMILES string of the molecule is CCCN1C(=O)N/C(=C/c2cc(OC)c3c(c2)OCO3)C1=O. The molecular weight excluding hydrogens is 288 g/mol. The van der Waals surface area contributed by atoms with Crippen LogP contribution in [-0.2, 0) is 4.79 Å². The third-order valence-electron chi connectivity index (χ3n) is 3.40. The maximum atomic E-state index is 12.2. The Hall–Kier alpha value is -2.70. The van der Waals surface area contributed by atoms with Gasteiger partial charge in [0.15, 0.2) is 11.5 Å². The van der Waals surface area contributed by atoms with Crippen molar-refractivity contribution in [2.24, 2.45) is 0 Å². The normalized spacial score (nSPS) is 18.1. The molecule has 2 heterocycles. The molecule has 1 N–H and O–H groups in total. The van der Waals surface area contributed by atoms with E-state index in [1.54, 1.807) is 18.2 Å². The number of nitrogens with one attached hydrogen (secondary N) is 1. The van der Waals surface area contributed by atoms with Crippen LogP contribution >= 0.6 is 0 Å². The first-order valence-corrected chi connectivity index (χ1v) is 6.96. The van der Waals surface area contributed by atoms with E-state index in [0.717, 1.165) is 0 Å².